The number of nitrogens with one attached hydrogen (secondary N) is 2. The summed E-state index contributed by atoms with van der Waals surface area (Å²) in [7, 11) is 0. The Balaban J connectivity index is 1.80. The van der Waals surface area contributed by atoms with E-state index in [1.165, 1.54) is 12.1 Å². The number of anilines is 1. The van der Waals surface area contributed by atoms with Crippen molar-refractivity contribution in [2.24, 2.45) is 10.9 Å². The Hall–Kier alpha value is -1.27. The fourth-order valence-electron chi connectivity index (χ4n) is 2.82. The van der Waals surface area contributed by atoms with E-state index in [2.05, 4.69) is 62.7 Å². The van der Waals surface area contributed by atoms with Gasteiger partial charge in [0, 0.05) is 49.5 Å². The van der Waals surface area contributed by atoms with E-state index < -0.39 is 0 Å². The number of ether oxygens (including phenoxy) is 1. The van der Waals surface area contributed by atoms with Crippen molar-refractivity contribution in [3.63, 3.8) is 0 Å². The van der Waals surface area contributed by atoms with Crippen LogP contribution in [0.5, 0.6) is 0 Å². The molecule has 2 rings (SSSR count). The second-order valence-corrected chi connectivity index (χ2v) is 6.84. The van der Waals surface area contributed by atoms with Crippen molar-refractivity contribution in [1.82, 2.24) is 10.6 Å². The molecule has 0 aromatic heterocycles. The Bertz CT molecular complexity index is 506. The minimum atomic E-state index is 0.607. The maximum atomic E-state index is 5.36. The molecule has 1 aromatic rings. The summed E-state index contributed by atoms with van der Waals surface area (Å²) < 4.78 is 6.48. The van der Waals surface area contributed by atoms with Crippen molar-refractivity contribution in [3.8, 4) is 0 Å². The maximum absolute atomic E-state index is 5.36. The molecule has 1 fully saturated rings. The third-order valence-corrected chi connectivity index (χ3v) is 4.60. The van der Waals surface area contributed by atoms with Crippen molar-refractivity contribution in [1.29, 1.82) is 0 Å². The van der Waals surface area contributed by atoms with Crippen LogP contribution < -0.4 is 15.5 Å². The summed E-state index contributed by atoms with van der Waals surface area (Å²) in [6, 6.07) is 8.56. The highest BCUT2D eigenvalue weighted by Crippen LogP contribution is 2.25. The van der Waals surface area contributed by atoms with E-state index >= 15 is 0 Å². The van der Waals surface area contributed by atoms with Crippen LogP contribution in [-0.4, -0.2) is 51.9 Å². The Morgan fingerprint density at radius 2 is 2.08 bits per heavy atom. The fourth-order valence-corrected chi connectivity index (χ4v) is 3.08. The highest BCUT2D eigenvalue weighted by Gasteiger charge is 2.22. The number of hydrogen-bond acceptors (Lipinski definition) is 3. The first-order valence-corrected chi connectivity index (χ1v) is 9.62. The molecular weight excluding hydrogens is 368 g/mol. The number of aliphatic imine (C=N–C) groups is 1. The Morgan fingerprint density at radius 1 is 1.29 bits per heavy atom. The zero-order chi connectivity index (χ0) is 17.2. The third-order valence-electron chi connectivity index (χ3n) is 4.07. The molecule has 0 bridgehead atoms. The highest BCUT2D eigenvalue weighted by atomic mass is 79.9. The quantitative estimate of drug-likeness (QED) is 0.402. The first-order valence-electron chi connectivity index (χ1n) is 8.83. The topological polar surface area (TPSA) is 48.9 Å². The van der Waals surface area contributed by atoms with Gasteiger partial charge >= 0.3 is 0 Å². The SMILES string of the molecule is CCNC(=NCC1CCN(c2ccc(Br)cc2)C1)NCCOCC. The molecule has 24 heavy (non-hydrogen) atoms. The average Bonchev–Trinajstić information content (AvgIpc) is 3.06. The second kappa shape index (κ2) is 10.6. The summed E-state index contributed by atoms with van der Waals surface area (Å²) in [5.74, 6) is 1.50. The van der Waals surface area contributed by atoms with Crippen LogP contribution in [0.4, 0.5) is 5.69 Å². The summed E-state index contributed by atoms with van der Waals surface area (Å²) in [5, 5.41) is 6.62. The van der Waals surface area contributed by atoms with Gasteiger partial charge < -0.3 is 20.3 Å². The average molecular weight is 397 g/mol. The van der Waals surface area contributed by atoms with Crippen molar-refractivity contribution >= 4 is 27.6 Å². The standard InChI is InChI=1S/C18H29BrN4O/c1-3-20-18(21-10-12-24-4-2)22-13-15-9-11-23(14-15)17-7-5-16(19)6-8-17/h5-8,15H,3-4,9-14H2,1-2H3,(H2,20,21,22). The Morgan fingerprint density at radius 3 is 2.79 bits per heavy atom. The van der Waals surface area contributed by atoms with Gasteiger partial charge in [-0.25, -0.2) is 0 Å². The summed E-state index contributed by atoms with van der Waals surface area (Å²) in [6.07, 6.45) is 1.19. The largest absolute Gasteiger partial charge is 0.380 e. The van der Waals surface area contributed by atoms with E-state index in [0.29, 0.717) is 12.5 Å². The molecule has 1 atom stereocenters. The molecule has 134 valence electrons. The summed E-state index contributed by atoms with van der Waals surface area (Å²) in [4.78, 5) is 7.19. The van der Waals surface area contributed by atoms with Gasteiger partial charge in [-0.05, 0) is 50.5 Å². The number of rotatable bonds is 8. The Kier molecular flexibility index (Phi) is 8.39. The smallest absolute Gasteiger partial charge is 0.191 e. The van der Waals surface area contributed by atoms with E-state index in [-0.39, 0.29) is 0 Å². The molecule has 1 aliphatic heterocycles. The molecule has 0 saturated carbocycles. The van der Waals surface area contributed by atoms with Crippen LogP contribution in [-0.2, 0) is 4.74 Å². The van der Waals surface area contributed by atoms with Gasteiger partial charge in [-0.2, -0.15) is 0 Å². The van der Waals surface area contributed by atoms with Crippen LogP contribution in [0.25, 0.3) is 0 Å². The van der Waals surface area contributed by atoms with Gasteiger partial charge in [0.15, 0.2) is 5.96 Å². The van der Waals surface area contributed by atoms with E-state index in [4.69, 9.17) is 9.73 Å². The van der Waals surface area contributed by atoms with Crippen LogP contribution in [0, 0.1) is 5.92 Å². The highest BCUT2D eigenvalue weighted by molar-refractivity contribution is 9.10. The molecule has 1 heterocycles. The van der Waals surface area contributed by atoms with Crippen molar-refractivity contribution < 1.29 is 4.74 Å². The van der Waals surface area contributed by atoms with Crippen molar-refractivity contribution in [2.75, 3.05) is 50.8 Å². The maximum Gasteiger partial charge on any atom is 0.191 e. The van der Waals surface area contributed by atoms with E-state index in [0.717, 1.165) is 49.8 Å². The van der Waals surface area contributed by atoms with Crippen molar-refractivity contribution in [2.45, 2.75) is 20.3 Å². The molecule has 0 aliphatic carbocycles. The number of hydrogen-bond donors (Lipinski definition) is 2. The molecule has 5 nitrogen and oxygen atoms in total. The number of guanidine groups is 1. The van der Waals surface area contributed by atoms with Crippen LogP contribution >= 0.6 is 15.9 Å². The number of halogens is 1. The molecule has 1 saturated heterocycles. The molecule has 0 spiro atoms. The first kappa shape index (κ1) is 19.1. The molecule has 0 amide bonds. The summed E-state index contributed by atoms with van der Waals surface area (Å²) in [5.41, 5.74) is 1.30. The normalized spacial score (nSPS) is 18.0. The lowest BCUT2D eigenvalue weighted by Gasteiger charge is -2.18. The van der Waals surface area contributed by atoms with Gasteiger partial charge in [0.2, 0.25) is 0 Å². The predicted octanol–water partition coefficient (Wildman–Crippen LogP) is 2.87. The molecular formula is C18H29BrN4O. The van der Waals surface area contributed by atoms with Crippen LogP contribution in [0.15, 0.2) is 33.7 Å². The minimum absolute atomic E-state index is 0.607. The lowest BCUT2D eigenvalue weighted by atomic mass is 10.1. The fraction of sp³-hybridized carbons (Fsp3) is 0.611. The zero-order valence-corrected chi connectivity index (χ0v) is 16.3. The predicted molar refractivity (Wildman–Crippen MR) is 105 cm³/mol. The lowest BCUT2D eigenvalue weighted by Crippen LogP contribution is -2.39. The zero-order valence-electron chi connectivity index (χ0n) is 14.7. The van der Waals surface area contributed by atoms with E-state index in [1.54, 1.807) is 0 Å². The van der Waals surface area contributed by atoms with Gasteiger partial charge in [-0.15, -0.1) is 0 Å². The molecule has 1 unspecified atom stereocenters. The summed E-state index contributed by atoms with van der Waals surface area (Å²) >= 11 is 3.49. The summed E-state index contributed by atoms with van der Waals surface area (Å²) in [6.45, 7) is 10.3. The second-order valence-electron chi connectivity index (χ2n) is 5.92. The lowest BCUT2D eigenvalue weighted by molar-refractivity contribution is 0.152. The molecule has 0 radical (unpaired) electrons. The molecule has 1 aromatic carbocycles. The van der Waals surface area contributed by atoms with Gasteiger partial charge in [0.05, 0.1) is 6.61 Å². The number of nitrogens with zero attached hydrogens (tertiary/aromatic N) is 2. The van der Waals surface area contributed by atoms with Gasteiger partial charge in [0.25, 0.3) is 0 Å². The molecule has 6 heteroatoms. The third kappa shape index (κ3) is 6.32. The van der Waals surface area contributed by atoms with E-state index in [1.807, 2.05) is 6.92 Å². The Labute approximate surface area is 154 Å². The number of benzene rings is 1. The monoisotopic (exact) mass is 396 g/mol. The van der Waals surface area contributed by atoms with Gasteiger partial charge in [-0.1, -0.05) is 15.9 Å². The first-order chi connectivity index (χ1) is 11.7. The van der Waals surface area contributed by atoms with E-state index in [9.17, 15) is 0 Å². The van der Waals surface area contributed by atoms with Crippen LogP contribution in [0.3, 0.4) is 0 Å². The molecule has 1 aliphatic rings. The van der Waals surface area contributed by atoms with Crippen LogP contribution in [0.1, 0.15) is 20.3 Å². The minimum Gasteiger partial charge on any atom is -0.380 e. The van der Waals surface area contributed by atoms with Gasteiger partial charge in [0.1, 0.15) is 0 Å². The van der Waals surface area contributed by atoms with Crippen molar-refractivity contribution in [3.05, 3.63) is 28.7 Å². The molecule has 2 N–H and O–H groups in total. The van der Waals surface area contributed by atoms with Crippen LogP contribution in [0.2, 0.25) is 0 Å². The van der Waals surface area contributed by atoms with Gasteiger partial charge in [-0.3, -0.25) is 4.99 Å².